The molecular weight excluding hydrogens is 306 g/mol. The summed E-state index contributed by atoms with van der Waals surface area (Å²) >= 11 is 0. The van der Waals surface area contributed by atoms with Crippen LogP contribution >= 0.6 is 0 Å². The minimum absolute atomic E-state index is 0.0999. The minimum Gasteiger partial charge on any atom is -0.494 e. The highest BCUT2D eigenvalue weighted by molar-refractivity contribution is 5.54. The zero-order valence-corrected chi connectivity index (χ0v) is 13.1. The summed E-state index contributed by atoms with van der Waals surface area (Å²) in [6.07, 6.45) is 0. The van der Waals surface area contributed by atoms with E-state index in [-0.39, 0.29) is 6.61 Å². The molecule has 1 heterocycles. The summed E-state index contributed by atoms with van der Waals surface area (Å²) in [6.45, 7) is 2.65. The van der Waals surface area contributed by atoms with Crippen molar-refractivity contribution in [3.8, 4) is 29.0 Å². The maximum atomic E-state index is 9.04. The van der Waals surface area contributed by atoms with Crippen molar-refractivity contribution < 1.29 is 13.9 Å². The van der Waals surface area contributed by atoms with Crippen LogP contribution in [0.5, 0.6) is 11.5 Å². The van der Waals surface area contributed by atoms with Crippen LogP contribution in [-0.2, 0) is 6.61 Å². The zero-order valence-electron chi connectivity index (χ0n) is 13.1. The van der Waals surface area contributed by atoms with Crippen LogP contribution in [-0.4, -0.2) is 16.8 Å². The molecule has 24 heavy (non-hydrogen) atoms. The number of aromatic nitrogens is 2. The summed E-state index contributed by atoms with van der Waals surface area (Å²) in [7, 11) is 0. The predicted molar refractivity (Wildman–Crippen MR) is 86.4 cm³/mol. The Morgan fingerprint density at radius 2 is 1.83 bits per heavy atom. The van der Waals surface area contributed by atoms with Gasteiger partial charge in [0, 0.05) is 5.56 Å². The van der Waals surface area contributed by atoms with Gasteiger partial charge in [-0.25, -0.2) is 0 Å². The van der Waals surface area contributed by atoms with Crippen molar-refractivity contribution in [1.82, 2.24) is 10.2 Å². The van der Waals surface area contributed by atoms with Crippen LogP contribution in [0.1, 0.15) is 18.4 Å². The quantitative estimate of drug-likeness (QED) is 0.690. The maximum absolute atomic E-state index is 9.04. The van der Waals surface area contributed by atoms with Crippen LogP contribution in [0.25, 0.3) is 11.5 Å². The normalized spacial score (nSPS) is 10.2. The second-order valence-electron chi connectivity index (χ2n) is 4.85. The van der Waals surface area contributed by atoms with E-state index in [9.17, 15) is 0 Å². The van der Waals surface area contributed by atoms with E-state index >= 15 is 0 Å². The first-order valence-corrected chi connectivity index (χ1v) is 7.47. The molecule has 3 aromatic rings. The standard InChI is InChI=1S/C18H15N3O3/c1-2-22-15-9-7-13(8-10-15)18-21-20-17(24-18)12-23-16-6-4-3-5-14(16)11-19/h3-10H,2,12H2,1H3. The molecule has 1 aromatic heterocycles. The SMILES string of the molecule is CCOc1ccc(-c2nnc(COc3ccccc3C#N)o2)cc1. The van der Waals surface area contributed by atoms with Gasteiger partial charge in [-0.15, -0.1) is 10.2 Å². The van der Waals surface area contributed by atoms with Crippen LogP contribution in [0.2, 0.25) is 0 Å². The van der Waals surface area contributed by atoms with Crippen molar-refractivity contribution >= 4 is 0 Å². The smallest absolute Gasteiger partial charge is 0.254 e. The van der Waals surface area contributed by atoms with Gasteiger partial charge in [0.05, 0.1) is 12.2 Å². The molecule has 0 bridgehead atoms. The topological polar surface area (TPSA) is 81.2 Å². The highest BCUT2D eigenvalue weighted by atomic mass is 16.5. The van der Waals surface area contributed by atoms with Gasteiger partial charge < -0.3 is 13.9 Å². The maximum Gasteiger partial charge on any atom is 0.254 e. The van der Waals surface area contributed by atoms with Gasteiger partial charge in [-0.1, -0.05) is 12.1 Å². The first-order valence-electron chi connectivity index (χ1n) is 7.47. The molecule has 0 amide bonds. The molecule has 0 saturated heterocycles. The second kappa shape index (κ2) is 7.29. The number of nitriles is 1. The highest BCUT2D eigenvalue weighted by Gasteiger charge is 2.10. The van der Waals surface area contributed by atoms with Crippen molar-refractivity contribution in [2.24, 2.45) is 0 Å². The van der Waals surface area contributed by atoms with E-state index in [0.29, 0.717) is 29.7 Å². The van der Waals surface area contributed by atoms with E-state index in [2.05, 4.69) is 16.3 Å². The lowest BCUT2D eigenvalue weighted by Crippen LogP contribution is -1.97. The van der Waals surface area contributed by atoms with Gasteiger partial charge in [-0.3, -0.25) is 0 Å². The van der Waals surface area contributed by atoms with Crippen LogP contribution in [0.4, 0.5) is 0 Å². The third-order valence-electron chi connectivity index (χ3n) is 3.24. The van der Waals surface area contributed by atoms with E-state index < -0.39 is 0 Å². The Kier molecular flexibility index (Phi) is 4.73. The Labute approximate surface area is 139 Å². The number of hydrogen-bond donors (Lipinski definition) is 0. The lowest BCUT2D eigenvalue weighted by atomic mass is 10.2. The molecule has 6 nitrogen and oxygen atoms in total. The number of rotatable bonds is 6. The minimum atomic E-state index is 0.0999. The van der Waals surface area contributed by atoms with Crippen LogP contribution in [0.15, 0.2) is 52.9 Å². The van der Waals surface area contributed by atoms with Gasteiger partial charge in [0.15, 0.2) is 6.61 Å². The molecule has 3 rings (SSSR count). The molecule has 2 aromatic carbocycles. The Balaban J connectivity index is 1.68. The molecule has 0 atom stereocenters. The molecule has 0 radical (unpaired) electrons. The Hall–Kier alpha value is -3.33. The molecule has 0 saturated carbocycles. The first-order chi connectivity index (χ1) is 11.8. The van der Waals surface area contributed by atoms with E-state index in [1.807, 2.05) is 31.2 Å². The lowest BCUT2D eigenvalue weighted by Gasteiger charge is -2.04. The third-order valence-corrected chi connectivity index (χ3v) is 3.24. The molecule has 120 valence electrons. The Morgan fingerprint density at radius 1 is 1.04 bits per heavy atom. The fourth-order valence-electron chi connectivity index (χ4n) is 2.11. The molecular formula is C18H15N3O3. The number of hydrogen-bond acceptors (Lipinski definition) is 6. The molecule has 0 fully saturated rings. The average Bonchev–Trinajstić information content (AvgIpc) is 3.10. The van der Waals surface area contributed by atoms with Gasteiger partial charge in [0.1, 0.15) is 17.6 Å². The average molecular weight is 321 g/mol. The molecule has 0 aliphatic carbocycles. The van der Waals surface area contributed by atoms with E-state index in [1.165, 1.54) is 0 Å². The van der Waals surface area contributed by atoms with E-state index in [1.54, 1.807) is 24.3 Å². The second-order valence-corrected chi connectivity index (χ2v) is 4.85. The molecule has 0 aliphatic heterocycles. The van der Waals surface area contributed by atoms with Gasteiger partial charge in [-0.2, -0.15) is 5.26 Å². The van der Waals surface area contributed by atoms with Crippen molar-refractivity contribution in [3.63, 3.8) is 0 Å². The summed E-state index contributed by atoms with van der Waals surface area (Å²) in [5.74, 6) is 2.02. The summed E-state index contributed by atoms with van der Waals surface area (Å²) < 4.78 is 16.6. The monoisotopic (exact) mass is 321 g/mol. The number of nitrogens with zero attached hydrogens (tertiary/aromatic N) is 3. The molecule has 0 N–H and O–H groups in total. The van der Waals surface area contributed by atoms with Crippen molar-refractivity contribution in [2.45, 2.75) is 13.5 Å². The van der Waals surface area contributed by atoms with Crippen LogP contribution < -0.4 is 9.47 Å². The highest BCUT2D eigenvalue weighted by Crippen LogP contribution is 2.22. The Bertz CT molecular complexity index is 850. The zero-order chi connectivity index (χ0) is 16.8. The first kappa shape index (κ1) is 15.6. The fraction of sp³-hybridized carbons (Fsp3) is 0.167. The molecule has 6 heteroatoms. The summed E-state index contributed by atoms with van der Waals surface area (Å²) in [6, 6.07) is 16.5. The Morgan fingerprint density at radius 3 is 2.58 bits per heavy atom. The number of benzene rings is 2. The van der Waals surface area contributed by atoms with E-state index in [0.717, 1.165) is 11.3 Å². The van der Waals surface area contributed by atoms with Gasteiger partial charge >= 0.3 is 0 Å². The molecule has 0 aliphatic rings. The van der Waals surface area contributed by atoms with E-state index in [4.69, 9.17) is 19.2 Å². The third kappa shape index (κ3) is 3.52. The number of ether oxygens (including phenoxy) is 2. The summed E-state index contributed by atoms with van der Waals surface area (Å²) in [5, 5.41) is 17.0. The predicted octanol–water partition coefficient (Wildman–Crippen LogP) is 3.59. The number of para-hydroxylation sites is 1. The van der Waals surface area contributed by atoms with Gasteiger partial charge in [-0.05, 0) is 43.3 Å². The summed E-state index contributed by atoms with van der Waals surface area (Å²) in [4.78, 5) is 0. The van der Waals surface area contributed by atoms with Gasteiger partial charge in [0.25, 0.3) is 5.89 Å². The van der Waals surface area contributed by atoms with Crippen molar-refractivity contribution in [1.29, 1.82) is 5.26 Å². The largest absolute Gasteiger partial charge is 0.494 e. The molecule has 0 unspecified atom stereocenters. The lowest BCUT2D eigenvalue weighted by molar-refractivity contribution is 0.264. The van der Waals surface area contributed by atoms with Crippen molar-refractivity contribution in [2.75, 3.05) is 6.61 Å². The van der Waals surface area contributed by atoms with Crippen molar-refractivity contribution in [3.05, 3.63) is 60.0 Å². The van der Waals surface area contributed by atoms with Crippen LogP contribution in [0.3, 0.4) is 0 Å². The fourth-order valence-corrected chi connectivity index (χ4v) is 2.11. The van der Waals surface area contributed by atoms with Gasteiger partial charge in [0.2, 0.25) is 5.89 Å². The van der Waals surface area contributed by atoms with Crippen LogP contribution in [0, 0.1) is 11.3 Å². The molecule has 0 spiro atoms. The summed E-state index contributed by atoms with van der Waals surface area (Å²) in [5.41, 5.74) is 1.26.